The molecule has 0 spiro atoms. The largest absolute Gasteiger partial charge is 0.416 e. The Morgan fingerprint density at radius 1 is 1.08 bits per heavy atom. The maximum Gasteiger partial charge on any atom is 0.416 e. The average Bonchev–Trinajstić information content (AvgIpc) is 3.17. The summed E-state index contributed by atoms with van der Waals surface area (Å²) in [4.78, 5) is 20.6. The highest BCUT2D eigenvalue weighted by Gasteiger charge is 2.41. The number of aromatic nitrogens is 1. The second-order valence-electron chi connectivity index (χ2n) is 9.16. The predicted octanol–water partition coefficient (Wildman–Crippen LogP) is 4.60. The van der Waals surface area contributed by atoms with Crippen molar-refractivity contribution in [2.75, 3.05) is 30.0 Å². The molecule has 0 aliphatic carbocycles. The van der Waals surface area contributed by atoms with Crippen LogP contribution in [0, 0.1) is 3.57 Å². The molecule has 0 bridgehead atoms. The van der Waals surface area contributed by atoms with Crippen molar-refractivity contribution in [2.24, 2.45) is 0 Å². The summed E-state index contributed by atoms with van der Waals surface area (Å²) in [7, 11) is 1.36. The van der Waals surface area contributed by atoms with Crippen LogP contribution in [0.1, 0.15) is 37.0 Å². The Morgan fingerprint density at radius 3 is 2.08 bits per heavy atom. The first-order chi connectivity index (χ1) is 16.5. The second kappa shape index (κ2) is 9.97. The Morgan fingerprint density at radius 2 is 1.61 bits per heavy atom. The molecule has 198 valence electrons. The molecule has 0 unspecified atom stereocenters. The van der Waals surface area contributed by atoms with Gasteiger partial charge in [-0.05, 0) is 72.7 Å². The monoisotopic (exact) mass is 631 g/mol. The molecule has 6 nitrogen and oxygen atoms in total. The molecule has 1 aliphatic rings. The van der Waals surface area contributed by atoms with Gasteiger partial charge in [-0.25, -0.2) is 4.98 Å². The summed E-state index contributed by atoms with van der Waals surface area (Å²) < 4.78 is 80.6. The van der Waals surface area contributed by atoms with Crippen molar-refractivity contribution in [3.63, 3.8) is 0 Å². The number of likely N-dealkylation sites (N-methyl/N-ethyl adjacent to an activating group) is 1. The summed E-state index contributed by atoms with van der Waals surface area (Å²) in [5, 5.41) is 19.5. The number of benzene rings is 1. The minimum atomic E-state index is -5.04. The van der Waals surface area contributed by atoms with E-state index in [1.165, 1.54) is 27.1 Å². The van der Waals surface area contributed by atoms with E-state index < -0.39 is 46.5 Å². The van der Waals surface area contributed by atoms with Gasteiger partial charge in [0.2, 0.25) is 5.91 Å². The van der Waals surface area contributed by atoms with Gasteiger partial charge < -0.3 is 20.0 Å². The standard InChI is InChI=1S/C23H24F6IN3O3/c1-21(2,12-4-13(22(24,25)26)6-14(5-12)23(27,28)29)20(36)32(3)18-9-31-19(8-17(18)30)33-10-16(35)7-15(33)11-34/h4-6,8-9,15-16,34-35H,7,10-11H2,1-3H3/t15-,16-/m1/s1. The maximum absolute atomic E-state index is 13.4. The molecule has 2 N–H and O–H groups in total. The van der Waals surface area contributed by atoms with Crippen molar-refractivity contribution >= 4 is 40.0 Å². The molecular weight excluding hydrogens is 607 g/mol. The number of amides is 1. The fourth-order valence-corrected chi connectivity index (χ4v) is 4.91. The Bertz CT molecular complexity index is 1110. The van der Waals surface area contributed by atoms with Gasteiger partial charge in [0.1, 0.15) is 5.82 Å². The van der Waals surface area contributed by atoms with E-state index in [0.717, 1.165) is 4.90 Å². The minimum absolute atomic E-state index is 0.0221. The number of aliphatic hydroxyl groups is 2. The van der Waals surface area contributed by atoms with Crippen LogP contribution in [0.2, 0.25) is 0 Å². The van der Waals surface area contributed by atoms with Gasteiger partial charge in [-0.1, -0.05) is 0 Å². The lowest BCUT2D eigenvalue weighted by Gasteiger charge is -2.32. The van der Waals surface area contributed by atoms with E-state index in [1.54, 1.807) is 11.0 Å². The zero-order valence-electron chi connectivity index (χ0n) is 19.5. The molecule has 3 rings (SSSR count). The summed E-state index contributed by atoms with van der Waals surface area (Å²) in [5.41, 5.74) is -4.89. The zero-order chi connectivity index (χ0) is 27.2. The molecular formula is C23H24F6IN3O3. The third-order valence-electron chi connectivity index (χ3n) is 6.23. The van der Waals surface area contributed by atoms with Crippen molar-refractivity contribution in [1.82, 2.24) is 4.98 Å². The van der Waals surface area contributed by atoms with Crippen molar-refractivity contribution in [1.29, 1.82) is 0 Å². The Balaban J connectivity index is 1.96. The highest BCUT2D eigenvalue weighted by atomic mass is 127. The van der Waals surface area contributed by atoms with Crippen LogP contribution in [0.15, 0.2) is 30.5 Å². The van der Waals surface area contributed by atoms with Crippen molar-refractivity contribution in [2.45, 2.75) is 50.2 Å². The highest BCUT2D eigenvalue weighted by molar-refractivity contribution is 14.1. The number of alkyl halides is 6. The number of carbonyl (C=O) groups excluding carboxylic acids is 1. The molecule has 1 aromatic heterocycles. The van der Waals surface area contributed by atoms with Crippen LogP contribution in [-0.4, -0.2) is 53.4 Å². The molecule has 1 amide bonds. The van der Waals surface area contributed by atoms with E-state index >= 15 is 0 Å². The lowest BCUT2D eigenvalue weighted by atomic mass is 9.81. The van der Waals surface area contributed by atoms with E-state index in [0.29, 0.717) is 33.6 Å². The minimum Gasteiger partial charge on any atom is -0.394 e. The number of pyridine rings is 1. The first kappa shape index (κ1) is 28.4. The Labute approximate surface area is 217 Å². The third-order valence-corrected chi connectivity index (χ3v) is 7.09. The number of aliphatic hydroxyl groups excluding tert-OH is 2. The first-order valence-electron chi connectivity index (χ1n) is 10.8. The molecule has 1 fully saturated rings. The van der Waals surface area contributed by atoms with Crippen LogP contribution in [0.4, 0.5) is 37.8 Å². The zero-order valence-corrected chi connectivity index (χ0v) is 21.6. The molecule has 0 saturated carbocycles. The van der Waals surface area contributed by atoms with Crippen LogP contribution in [0.3, 0.4) is 0 Å². The van der Waals surface area contributed by atoms with Crippen molar-refractivity contribution < 1.29 is 41.4 Å². The van der Waals surface area contributed by atoms with E-state index in [4.69, 9.17) is 0 Å². The van der Waals surface area contributed by atoms with Crippen molar-refractivity contribution in [3.8, 4) is 0 Å². The van der Waals surface area contributed by atoms with Crippen molar-refractivity contribution in [3.05, 3.63) is 50.7 Å². The fourth-order valence-electron chi connectivity index (χ4n) is 4.13. The van der Waals surface area contributed by atoms with Crippen LogP contribution < -0.4 is 9.80 Å². The Kier molecular flexibility index (Phi) is 7.88. The van der Waals surface area contributed by atoms with E-state index in [2.05, 4.69) is 4.98 Å². The summed E-state index contributed by atoms with van der Waals surface area (Å²) in [6.07, 6.45) is -8.99. The van der Waals surface area contributed by atoms with Crippen LogP contribution in [0.25, 0.3) is 0 Å². The smallest absolute Gasteiger partial charge is 0.394 e. The molecule has 2 heterocycles. The molecule has 1 saturated heterocycles. The molecule has 2 atom stereocenters. The lowest BCUT2D eigenvalue weighted by molar-refractivity contribution is -0.143. The van der Waals surface area contributed by atoms with Gasteiger partial charge in [-0.3, -0.25) is 4.79 Å². The van der Waals surface area contributed by atoms with Gasteiger partial charge in [0.25, 0.3) is 0 Å². The van der Waals surface area contributed by atoms with Gasteiger partial charge in [0.15, 0.2) is 0 Å². The number of halogens is 7. The molecule has 36 heavy (non-hydrogen) atoms. The summed E-state index contributed by atoms with van der Waals surface area (Å²) >= 11 is 1.94. The normalized spacial score (nSPS) is 19.1. The maximum atomic E-state index is 13.4. The van der Waals surface area contributed by atoms with Gasteiger partial charge in [-0.15, -0.1) is 0 Å². The SMILES string of the molecule is CN(C(=O)C(C)(C)c1cc(C(F)(F)F)cc(C(F)(F)F)c1)c1cnc(N2C[C@H](O)C[C@@H]2CO)cc1I. The topological polar surface area (TPSA) is 76.9 Å². The molecule has 2 aromatic rings. The predicted molar refractivity (Wildman–Crippen MR) is 129 cm³/mol. The van der Waals surface area contributed by atoms with Gasteiger partial charge in [0.05, 0.1) is 47.2 Å². The first-order valence-corrected chi connectivity index (χ1v) is 11.8. The average molecular weight is 631 g/mol. The van der Waals surface area contributed by atoms with Gasteiger partial charge in [0, 0.05) is 17.2 Å². The second-order valence-corrected chi connectivity index (χ2v) is 10.3. The summed E-state index contributed by atoms with van der Waals surface area (Å²) in [6, 6.07) is 2.42. The third kappa shape index (κ3) is 5.72. The number of carbonyl (C=O) groups is 1. The fraction of sp³-hybridized carbons (Fsp3) is 0.478. The van der Waals surface area contributed by atoms with Crippen LogP contribution in [0.5, 0.6) is 0 Å². The number of rotatable bonds is 5. The number of anilines is 2. The van der Waals surface area contributed by atoms with Crippen LogP contribution in [-0.2, 0) is 22.6 Å². The quantitative estimate of drug-likeness (QED) is 0.373. The number of β-amino-alcohol motifs (C(OH)–C–C–N with tert-alkyl or cyclic N) is 1. The van der Waals surface area contributed by atoms with E-state index in [9.17, 15) is 41.4 Å². The van der Waals surface area contributed by atoms with Crippen LogP contribution >= 0.6 is 22.6 Å². The lowest BCUT2D eigenvalue weighted by Crippen LogP contribution is -2.42. The Hall–Kier alpha value is -2.13. The molecule has 0 radical (unpaired) electrons. The van der Waals surface area contributed by atoms with Gasteiger partial charge >= 0.3 is 12.4 Å². The summed E-state index contributed by atoms with van der Waals surface area (Å²) in [6.45, 7) is 2.58. The number of hydrogen-bond acceptors (Lipinski definition) is 5. The molecule has 13 heteroatoms. The molecule has 1 aromatic carbocycles. The number of hydrogen-bond donors (Lipinski definition) is 2. The number of nitrogens with zero attached hydrogens (tertiary/aromatic N) is 3. The van der Waals surface area contributed by atoms with E-state index in [-0.39, 0.29) is 25.3 Å². The highest BCUT2D eigenvalue weighted by Crippen LogP contribution is 2.40. The molecule has 1 aliphatic heterocycles. The van der Waals surface area contributed by atoms with E-state index in [1.807, 2.05) is 22.6 Å². The summed E-state index contributed by atoms with van der Waals surface area (Å²) in [5.74, 6) is -0.293. The van der Waals surface area contributed by atoms with Gasteiger partial charge in [-0.2, -0.15) is 26.3 Å².